The van der Waals surface area contributed by atoms with Gasteiger partial charge in [-0.1, -0.05) is 100 Å². The number of carboxylic acid groups (broad SMARTS) is 1. The van der Waals surface area contributed by atoms with E-state index in [-0.39, 0.29) is 68.1 Å². The summed E-state index contributed by atoms with van der Waals surface area (Å²) in [5.41, 5.74) is 11.2. The zero-order chi connectivity index (χ0) is 67.0. The molecule has 0 fully saturated rings. The molecule has 0 aliphatic carbocycles. The number of carbonyl (C=O) groups is 4. The number of fused-ring (bicyclic) bond motifs is 2. The Kier molecular flexibility index (Phi) is 41.0. The Morgan fingerprint density at radius 2 is 1.03 bits per heavy atom. The zero-order valence-corrected chi connectivity index (χ0v) is 58.6. The van der Waals surface area contributed by atoms with Gasteiger partial charge in [0.05, 0.1) is 27.5 Å². The number of pyridine rings is 2. The SMILES string of the molecule is C.C.C#Cc1ccccn1.CCC(=O)c1ccc(Br)cc1N.CCOC(C)C(=O)Nc1cc(Br)ccc1C(=O)CC.CCOC(C)C(=O)O.CCOC(C)c1nc2cc(Br)ccc2c(=O)n1C.CCOC(C)c1nc2cc(C#Cc3ccccn3)ccc2c(=O)n1C.Cl. The molecule has 4 aromatic carbocycles. The quantitative estimate of drug-likeness (QED) is 0.0435. The number of ether oxygens (including phenoxy) is 4. The van der Waals surface area contributed by atoms with Crippen LogP contribution >= 0.6 is 60.2 Å². The summed E-state index contributed by atoms with van der Waals surface area (Å²) in [4.78, 5) is 86.9. The number of aromatic nitrogens is 6. The van der Waals surface area contributed by atoms with E-state index in [1.54, 1.807) is 105 Å². The van der Waals surface area contributed by atoms with Crippen LogP contribution in [0.3, 0.4) is 0 Å². The summed E-state index contributed by atoms with van der Waals surface area (Å²) < 4.78 is 26.7. The van der Waals surface area contributed by atoms with Crippen molar-refractivity contribution in [3.63, 3.8) is 0 Å². The second-order valence-electron chi connectivity index (χ2n) is 19.1. The second-order valence-corrected chi connectivity index (χ2v) is 21.8. The molecule has 4 atom stereocenters. The molecule has 4 unspecified atom stereocenters. The van der Waals surface area contributed by atoms with Crippen LogP contribution in [-0.2, 0) is 42.6 Å². The van der Waals surface area contributed by atoms with Crippen molar-refractivity contribution >= 4 is 117 Å². The topological polar surface area (TPSA) is 259 Å². The van der Waals surface area contributed by atoms with E-state index in [1.807, 2.05) is 102 Å². The number of nitrogens with zero attached hydrogens (tertiary/aromatic N) is 6. The zero-order valence-electron chi connectivity index (χ0n) is 53.0. The molecule has 0 radical (unpaired) electrons. The number of amides is 1. The third kappa shape index (κ3) is 27.8. The Hall–Kier alpha value is -7.77. The summed E-state index contributed by atoms with van der Waals surface area (Å²) in [5.74, 6) is 8.65. The van der Waals surface area contributed by atoms with Crippen molar-refractivity contribution in [2.24, 2.45) is 14.1 Å². The number of hydrogen-bond acceptors (Lipinski definition) is 15. The fourth-order valence-corrected chi connectivity index (χ4v) is 9.03. The van der Waals surface area contributed by atoms with Gasteiger partial charge < -0.3 is 35.1 Å². The molecule has 0 saturated carbocycles. The number of Topliss-reactive ketones (excluding diaryl/α,β-unsaturated/α-hetero) is 2. The minimum atomic E-state index is -0.910. The first-order valence-electron chi connectivity index (χ1n) is 28.8. The van der Waals surface area contributed by atoms with Gasteiger partial charge >= 0.3 is 5.97 Å². The van der Waals surface area contributed by atoms with E-state index in [1.165, 1.54) is 6.92 Å². The number of carboxylic acids is 1. The summed E-state index contributed by atoms with van der Waals surface area (Å²) in [5, 5.41) is 12.1. The van der Waals surface area contributed by atoms with E-state index in [4.69, 9.17) is 36.2 Å². The highest BCUT2D eigenvalue weighted by atomic mass is 79.9. The fourth-order valence-electron chi connectivity index (χ4n) is 7.94. The molecule has 0 spiro atoms. The van der Waals surface area contributed by atoms with Gasteiger partial charge in [-0.25, -0.2) is 24.7 Å². The number of aliphatic carboxylic acids is 1. The van der Waals surface area contributed by atoms with Crippen molar-refractivity contribution < 1.29 is 43.2 Å². The minimum absolute atomic E-state index is 0. The molecular weight excluding hydrogens is 1400 g/mol. The van der Waals surface area contributed by atoms with Crippen molar-refractivity contribution in [2.75, 3.05) is 37.5 Å². The summed E-state index contributed by atoms with van der Waals surface area (Å²) in [6.45, 7) is 20.1. The standard InChI is InChI=1S/C20H19N3O2.C14H18BrNO3.C13H15BrN2O2.C9H10BrNO.C7H5N.C5H10O3.2CH4.ClH/c1-4-25-14(2)19-22-18-13-15(8-10-16-7-5-6-12-21-16)9-11-17(18)20(24)23(19)3;1-4-13(17)11-7-6-10(15)8-12(11)16-14(18)9(3)19-5-2;1-4-18-8(2)12-15-11-7-9(14)5-6-10(11)13(17)16(12)3;1-2-9(12)7-4-3-6(10)5-8(7)11;1-2-7-5-3-4-6-8-7;1-3-8-4(2)5(6)7;;;/h5-7,9,11-14H,4H2,1-3H3;6-9H,4-5H2,1-3H3,(H,16,18);5-8H,4H2,1-3H3;3-5H,2,11H2,1H3;1,3-6H;4H,3H2,1-2H3,(H,6,7);2*1H4;1H. The molecule has 8 rings (SSSR count). The average Bonchev–Trinajstić information content (AvgIpc) is 0.799. The van der Waals surface area contributed by atoms with Crippen LogP contribution in [0.25, 0.3) is 21.8 Å². The van der Waals surface area contributed by atoms with Gasteiger partial charge in [0.25, 0.3) is 17.0 Å². The number of benzene rings is 4. The van der Waals surface area contributed by atoms with Gasteiger partial charge in [-0.05, 0) is 158 Å². The van der Waals surface area contributed by atoms with E-state index in [0.717, 1.165) is 19.0 Å². The molecule has 23 heteroatoms. The number of halogens is 4. The van der Waals surface area contributed by atoms with Gasteiger partial charge in [-0.2, -0.15) is 0 Å². The molecule has 0 aliphatic heterocycles. The lowest BCUT2D eigenvalue weighted by Crippen LogP contribution is -2.28. The van der Waals surface area contributed by atoms with Crippen LogP contribution in [0.4, 0.5) is 11.4 Å². The number of nitrogens with one attached hydrogen (secondary N) is 1. The van der Waals surface area contributed by atoms with Crippen molar-refractivity contribution in [3.05, 3.63) is 195 Å². The maximum Gasteiger partial charge on any atom is 0.332 e. The number of nitrogens with two attached hydrogens (primary N) is 1. The summed E-state index contributed by atoms with van der Waals surface area (Å²) >= 11 is 9.99. The number of nitrogen functional groups attached to an aromatic ring is 1. The predicted octanol–water partition coefficient (Wildman–Crippen LogP) is 14.9. The van der Waals surface area contributed by atoms with Crippen LogP contribution in [0.5, 0.6) is 0 Å². The Morgan fingerprint density at radius 1 is 0.591 bits per heavy atom. The number of anilines is 2. The van der Waals surface area contributed by atoms with Crippen molar-refractivity contribution in [1.29, 1.82) is 0 Å². The average molecular weight is 1490 g/mol. The molecular formula is C70H86Br3ClN8O11. The van der Waals surface area contributed by atoms with Crippen LogP contribution < -0.4 is 22.2 Å². The molecule has 4 heterocycles. The monoisotopic (exact) mass is 1490 g/mol. The molecule has 19 nitrogen and oxygen atoms in total. The fraction of sp³-hybridized carbons (Fsp3) is 0.343. The van der Waals surface area contributed by atoms with Crippen molar-refractivity contribution in [2.45, 2.75) is 121 Å². The van der Waals surface area contributed by atoms with Gasteiger partial charge in [0, 0.05) is 102 Å². The molecule has 93 heavy (non-hydrogen) atoms. The van der Waals surface area contributed by atoms with E-state index >= 15 is 0 Å². The van der Waals surface area contributed by atoms with Crippen LogP contribution in [0, 0.1) is 24.2 Å². The first kappa shape index (κ1) is 85.2. The molecule has 0 bridgehead atoms. The first-order chi connectivity index (χ1) is 42.9. The Morgan fingerprint density at radius 3 is 1.47 bits per heavy atom. The Labute approximate surface area is 577 Å². The Bertz CT molecular complexity index is 3910. The third-order valence-electron chi connectivity index (χ3n) is 12.6. The van der Waals surface area contributed by atoms with Crippen LogP contribution in [0.2, 0.25) is 0 Å². The predicted molar refractivity (Wildman–Crippen MR) is 385 cm³/mol. The van der Waals surface area contributed by atoms with Crippen molar-refractivity contribution in [1.82, 2.24) is 29.1 Å². The number of rotatable bonds is 17. The number of carbonyl (C=O) groups excluding carboxylic acids is 3. The van der Waals surface area contributed by atoms with Gasteiger partial charge in [0.2, 0.25) is 0 Å². The molecule has 4 N–H and O–H groups in total. The lowest BCUT2D eigenvalue weighted by atomic mass is 10.1. The summed E-state index contributed by atoms with van der Waals surface area (Å²) in [7, 11) is 3.44. The number of ketones is 2. The Balaban J connectivity index is 0.00000113. The maximum absolute atomic E-state index is 12.6. The van der Waals surface area contributed by atoms with E-state index in [2.05, 4.69) is 90.8 Å². The highest BCUT2D eigenvalue weighted by Crippen LogP contribution is 2.25. The van der Waals surface area contributed by atoms with Gasteiger partial charge in [0.15, 0.2) is 17.7 Å². The third-order valence-corrected chi connectivity index (χ3v) is 14.1. The van der Waals surface area contributed by atoms with Crippen molar-refractivity contribution in [3.8, 4) is 24.2 Å². The largest absolute Gasteiger partial charge is 0.479 e. The van der Waals surface area contributed by atoms with E-state index in [9.17, 15) is 28.8 Å². The molecule has 0 aliphatic rings. The smallest absolute Gasteiger partial charge is 0.332 e. The normalized spacial score (nSPS) is 11.2. The van der Waals surface area contributed by atoms with Gasteiger partial charge in [-0.15, -0.1) is 18.8 Å². The summed E-state index contributed by atoms with van der Waals surface area (Å²) in [6.07, 6.45) is 7.64. The van der Waals surface area contributed by atoms with E-state index in [0.29, 0.717) is 107 Å². The minimum Gasteiger partial charge on any atom is -0.479 e. The van der Waals surface area contributed by atoms with Crippen LogP contribution in [0.1, 0.15) is 158 Å². The maximum atomic E-state index is 12.6. The summed E-state index contributed by atoms with van der Waals surface area (Å²) in [6, 6.07) is 32.5. The van der Waals surface area contributed by atoms with Crippen LogP contribution in [-0.4, -0.2) is 96.3 Å². The van der Waals surface area contributed by atoms with Gasteiger partial charge in [0.1, 0.15) is 41.3 Å². The lowest BCUT2D eigenvalue weighted by Gasteiger charge is -2.15. The number of hydrogen-bond donors (Lipinski definition) is 3. The molecule has 8 aromatic rings. The van der Waals surface area contributed by atoms with Crippen LogP contribution in [0.15, 0.2) is 145 Å². The highest BCUT2D eigenvalue weighted by molar-refractivity contribution is 9.11. The molecule has 1 amide bonds. The molecule has 4 aromatic heterocycles. The highest BCUT2D eigenvalue weighted by Gasteiger charge is 2.19. The van der Waals surface area contributed by atoms with E-state index < -0.39 is 18.2 Å². The number of terminal acetylenes is 1. The first-order valence-corrected chi connectivity index (χ1v) is 31.2. The lowest BCUT2D eigenvalue weighted by molar-refractivity contribution is -0.148. The molecule has 500 valence electrons. The van der Waals surface area contributed by atoms with Gasteiger partial charge in [-0.3, -0.25) is 33.1 Å². The molecule has 0 saturated heterocycles. The second kappa shape index (κ2) is 44.7.